The summed E-state index contributed by atoms with van der Waals surface area (Å²) in [6.07, 6.45) is 4.29. The Morgan fingerprint density at radius 3 is 2.83 bits per heavy atom. The average Bonchev–Trinajstić information content (AvgIpc) is 2.99. The van der Waals surface area contributed by atoms with Gasteiger partial charge in [0.2, 0.25) is 0 Å². The third-order valence-electron chi connectivity index (χ3n) is 4.79. The molecule has 0 unspecified atom stereocenters. The average molecular weight is 354 g/mol. The maximum absolute atomic E-state index is 12.7. The van der Waals surface area contributed by atoms with Gasteiger partial charge in [-0.3, -0.25) is 4.79 Å². The Bertz CT molecular complexity index is 712. The summed E-state index contributed by atoms with van der Waals surface area (Å²) in [6, 6.07) is 5.79. The molecule has 0 radical (unpaired) electrons. The summed E-state index contributed by atoms with van der Waals surface area (Å²) < 4.78 is 5.61. The van der Waals surface area contributed by atoms with Crippen molar-refractivity contribution in [1.29, 1.82) is 0 Å². The molecular formula is C16H20ClN3O2S. The molecule has 0 aliphatic carbocycles. The second kappa shape index (κ2) is 6.71. The number of aromatic nitrogens is 1. The molecular weight excluding hydrogens is 334 g/mol. The number of oxazole rings is 1. The number of rotatable bonds is 3. The summed E-state index contributed by atoms with van der Waals surface area (Å²) >= 11 is 1.44. The van der Waals surface area contributed by atoms with Crippen molar-refractivity contribution in [2.45, 2.75) is 24.1 Å². The van der Waals surface area contributed by atoms with Gasteiger partial charge < -0.3 is 14.6 Å². The van der Waals surface area contributed by atoms with E-state index in [0.29, 0.717) is 27.8 Å². The standard InChI is InChI=1S/C16H19N3O2S.ClH/c1-22-16-18-14-11(3-2-4-13(14)21-16)15(20)17-12-9-19-7-5-10(12)6-8-19;/h2-4,10,12H,5-9H2,1H3,(H,17,20);1H/t12-;/m1./s1. The van der Waals surface area contributed by atoms with Crippen LogP contribution in [0.15, 0.2) is 27.8 Å². The van der Waals surface area contributed by atoms with E-state index in [1.807, 2.05) is 24.5 Å². The van der Waals surface area contributed by atoms with E-state index in [4.69, 9.17) is 4.42 Å². The Kier molecular flexibility index (Phi) is 4.85. The molecule has 3 aliphatic rings. The van der Waals surface area contributed by atoms with E-state index < -0.39 is 0 Å². The lowest BCUT2D eigenvalue weighted by Crippen LogP contribution is -2.57. The number of carbonyl (C=O) groups is 1. The maximum atomic E-state index is 12.7. The van der Waals surface area contributed by atoms with Gasteiger partial charge in [0.15, 0.2) is 5.58 Å². The highest BCUT2D eigenvalue weighted by atomic mass is 35.5. The molecule has 2 aromatic rings. The van der Waals surface area contributed by atoms with Gasteiger partial charge in [-0.25, -0.2) is 4.98 Å². The fraction of sp³-hybridized carbons (Fsp3) is 0.500. The topological polar surface area (TPSA) is 58.4 Å². The molecule has 5 nitrogen and oxygen atoms in total. The Balaban J connectivity index is 0.00000156. The first-order chi connectivity index (χ1) is 10.7. The van der Waals surface area contributed by atoms with Crippen LogP contribution in [0.3, 0.4) is 0 Å². The lowest BCUT2D eigenvalue weighted by Gasteiger charge is -2.44. The molecule has 4 heterocycles. The molecule has 124 valence electrons. The summed E-state index contributed by atoms with van der Waals surface area (Å²) in [5.41, 5.74) is 1.94. The molecule has 5 rings (SSSR count). The summed E-state index contributed by atoms with van der Waals surface area (Å²) in [5.74, 6) is 0.581. The predicted molar refractivity (Wildman–Crippen MR) is 93.5 cm³/mol. The van der Waals surface area contributed by atoms with Crippen LogP contribution in [0, 0.1) is 5.92 Å². The third kappa shape index (κ3) is 3.07. The fourth-order valence-electron chi connectivity index (χ4n) is 3.57. The number of nitrogens with zero attached hydrogens (tertiary/aromatic N) is 2. The number of hydrogen-bond acceptors (Lipinski definition) is 5. The SMILES string of the molecule is CSc1nc2c(C(=O)N[C@@H]3CN4CCC3CC4)cccc2o1.Cl. The molecule has 3 saturated heterocycles. The van der Waals surface area contributed by atoms with E-state index >= 15 is 0 Å². The minimum Gasteiger partial charge on any atom is -0.431 e. The van der Waals surface area contributed by atoms with Crippen molar-refractivity contribution in [3.63, 3.8) is 0 Å². The fourth-order valence-corrected chi connectivity index (χ4v) is 3.93. The van der Waals surface area contributed by atoms with Gasteiger partial charge in [-0.15, -0.1) is 12.4 Å². The highest BCUT2D eigenvalue weighted by Gasteiger charge is 2.35. The zero-order chi connectivity index (χ0) is 15.1. The first kappa shape index (κ1) is 16.6. The van der Waals surface area contributed by atoms with Gasteiger partial charge in [-0.1, -0.05) is 17.8 Å². The normalized spacial score (nSPS) is 26.0. The van der Waals surface area contributed by atoms with Crippen LogP contribution in [0.25, 0.3) is 11.1 Å². The number of piperidine rings is 3. The number of benzene rings is 1. The zero-order valence-corrected chi connectivity index (χ0v) is 14.6. The molecule has 1 N–H and O–H groups in total. The molecule has 0 spiro atoms. The number of fused-ring (bicyclic) bond motifs is 4. The second-order valence-electron chi connectivity index (χ2n) is 6.05. The van der Waals surface area contributed by atoms with Crippen LogP contribution in [-0.4, -0.2) is 47.7 Å². The van der Waals surface area contributed by atoms with E-state index in [1.165, 1.54) is 37.7 Å². The van der Waals surface area contributed by atoms with Gasteiger partial charge in [-0.2, -0.15) is 0 Å². The lowest BCUT2D eigenvalue weighted by atomic mass is 9.84. The number of hydrogen-bond donors (Lipinski definition) is 1. The minimum absolute atomic E-state index is 0. The molecule has 3 aliphatic heterocycles. The van der Waals surface area contributed by atoms with Crippen molar-refractivity contribution < 1.29 is 9.21 Å². The minimum atomic E-state index is -0.0368. The zero-order valence-electron chi connectivity index (χ0n) is 12.9. The van der Waals surface area contributed by atoms with E-state index in [1.54, 1.807) is 0 Å². The van der Waals surface area contributed by atoms with Crippen molar-refractivity contribution >= 4 is 41.2 Å². The smallest absolute Gasteiger partial charge is 0.256 e. The monoisotopic (exact) mass is 353 g/mol. The largest absolute Gasteiger partial charge is 0.431 e. The number of halogens is 1. The Morgan fingerprint density at radius 1 is 1.39 bits per heavy atom. The van der Waals surface area contributed by atoms with E-state index in [9.17, 15) is 4.79 Å². The number of nitrogens with one attached hydrogen (secondary N) is 1. The van der Waals surface area contributed by atoms with Crippen LogP contribution < -0.4 is 5.32 Å². The predicted octanol–water partition coefficient (Wildman–Crippen LogP) is 2.80. The van der Waals surface area contributed by atoms with Gasteiger partial charge >= 0.3 is 0 Å². The van der Waals surface area contributed by atoms with E-state index in [0.717, 1.165) is 6.54 Å². The van der Waals surface area contributed by atoms with Crippen molar-refractivity contribution in [2.75, 3.05) is 25.9 Å². The van der Waals surface area contributed by atoms with Crippen LogP contribution in [0.4, 0.5) is 0 Å². The van der Waals surface area contributed by atoms with Crippen molar-refractivity contribution in [3.05, 3.63) is 23.8 Å². The highest BCUT2D eigenvalue weighted by molar-refractivity contribution is 7.98. The highest BCUT2D eigenvalue weighted by Crippen LogP contribution is 2.28. The van der Waals surface area contributed by atoms with Gasteiger partial charge in [0.1, 0.15) is 5.52 Å². The number of para-hydroxylation sites is 1. The second-order valence-corrected chi connectivity index (χ2v) is 6.81. The van der Waals surface area contributed by atoms with E-state index in [-0.39, 0.29) is 24.4 Å². The van der Waals surface area contributed by atoms with Gasteiger partial charge in [0, 0.05) is 12.6 Å². The first-order valence-electron chi connectivity index (χ1n) is 7.71. The van der Waals surface area contributed by atoms with Crippen LogP contribution in [-0.2, 0) is 0 Å². The number of amides is 1. The van der Waals surface area contributed by atoms with Crippen molar-refractivity contribution in [3.8, 4) is 0 Å². The molecule has 3 fully saturated rings. The summed E-state index contributed by atoms with van der Waals surface area (Å²) in [4.78, 5) is 19.5. The molecule has 23 heavy (non-hydrogen) atoms. The van der Waals surface area contributed by atoms with Gasteiger partial charge in [-0.05, 0) is 50.2 Å². The van der Waals surface area contributed by atoms with Gasteiger partial charge in [0.25, 0.3) is 11.1 Å². The molecule has 1 atom stereocenters. The van der Waals surface area contributed by atoms with Crippen LogP contribution in [0.1, 0.15) is 23.2 Å². The summed E-state index contributed by atoms with van der Waals surface area (Å²) in [6.45, 7) is 3.32. The number of thioether (sulfide) groups is 1. The molecule has 1 aromatic heterocycles. The quantitative estimate of drug-likeness (QED) is 0.860. The van der Waals surface area contributed by atoms with E-state index in [2.05, 4.69) is 15.2 Å². The Morgan fingerprint density at radius 2 is 2.17 bits per heavy atom. The van der Waals surface area contributed by atoms with Crippen LogP contribution in [0.2, 0.25) is 0 Å². The third-order valence-corrected chi connectivity index (χ3v) is 5.32. The first-order valence-corrected chi connectivity index (χ1v) is 8.94. The Labute approximate surface area is 145 Å². The van der Waals surface area contributed by atoms with Crippen LogP contribution in [0.5, 0.6) is 0 Å². The maximum Gasteiger partial charge on any atom is 0.256 e. The molecule has 1 aromatic carbocycles. The lowest BCUT2D eigenvalue weighted by molar-refractivity contribution is 0.0621. The summed E-state index contributed by atoms with van der Waals surface area (Å²) in [7, 11) is 0. The van der Waals surface area contributed by atoms with Crippen molar-refractivity contribution in [1.82, 2.24) is 15.2 Å². The van der Waals surface area contributed by atoms with Crippen LogP contribution >= 0.6 is 24.2 Å². The molecule has 7 heteroatoms. The Hall–Kier alpha value is -1.24. The molecule has 2 bridgehead atoms. The number of carbonyl (C=O) groups excluding carboxylic acids is 1. The van der Waals surface area contributed by atoms with Gasteiger partial charge in [0.05, 0.1) is 5.56 Å². The molecule has 0 saturated carbocycles. The van der Waals surface area contributed by atoms with Crippen molar-refractivity contribution in [2.24, 2.45) is 5.92 Å². The molecule has 1 amide bonds. The summed E-state index contributed by atoms with van der Waals surface area (Å²) in [5, 5.41) is 3.81.